The van der Waals surface area contributed by atoms with E-state index >= 15 is 0 Å². The Morgan fingerprint density at radius 1 is 1.26 bits per heavy atom. The quantitative estimate of drug-likeness (QED) is 0.394. The van der Waals surface area contributed by atoms with Crippen molar-refractivity contribution in [2.24, 2.45) is 12.0 Å². The highest BCUT2D eigenvalue weighted by Gasteiger charge is 2.15. The van der Waals surface area contributed by atoms with Gasteiger partial charge < -0.3 is 15.5 Å². The summed E-state index contributed by atoms with van der Waals surface area (Å²) >= 11 is 0. The van der Waals surface area contributed by atoms with Gasteiger partial charge in [0.15, 0.2) is 5.96 Å². The first-order valence-corrected chi connectivity index (χ1v) is 8.75. The Labute approximate surface area is 141 Å². The van der Waals surface area contributed by atoms with E-state index in [0.29, 0.717) is 6.54 Å². The van der Waals surface area contributed by atoms with Crippen LogP contribution in [0.1, 0.15) is 51.1 Å². The first kappa shape index (κ1) is 19.5. The highest BCUT2D eigenvalue weighted by molar-refractivity contribution is 5.79. The predicted molar refractivity (Wildman–Crippen MR) is 97.8 cm³/mol. The van der Waals surface area contributed by atoms with Gasteiger partial charge in [-0.1, -0.05) is 26.2 Å². The predicted octanol–water partition coefficient (Wildman–Crippen LogP) is 2.16. The van der Waals surface area contributed by atoms with E-state index in [2.05, 4.69) is 54.8 Å². The molecule has 132 valence electrons. The number of aryl methyl sites for hydroxylation is 1. The van der Waals surface area contributed by atoms with Gasteiger partial charge in [0.05, 0.1) is 18.8 Å². The largest absolute Gasteiger partial charge is 0.357 e. The normalized spacial score (nSPS) is 13.4. The Bertz CT molecular complexity index is 452. The molecule has 6 heteroatoms. The monoisotopic (exact) mass is 322 g/mol. The molecule has 0 saturated carbocycles. The van der Waals surface area contributed by atoms with Crippen LogP contribution in [-0.4, -0.2) is 54.4 Å². The van der Waals surface area contributed by atoms with Crippen molar-refractivity contribution >= 4 is 5.96 Å². The number of hydrogen-bond donors (Lipinski definition) is 2. The van der Waals surface area contributed by atoms with Crippen molar-refractivity contribution in [1.82, 2.24) is 25.3 Å². The maximum absolute atomic E-state index is 4.75. The van der Waals surface area contributed by atoms with Gasteiger partial charge >= 0.3 is 0 Å². The fraction of sp³-hybridized carbons (Fsp3) is 0.765. The molecule has 0 radical (unpaired) electrons. The molecule has 1 aromatic rings. The third-order valence-electron chi connectivity index (χ3n) is 3.82. The van der Waals surface area contributed by atoms with Gasteiger partial charge in [-0.25, -0.2) is 0 Å². The Kier molecular flexibility index (Phi) is 9.36. The van der Waals surface area contributed by atoms with E-state index in [1.807, 2.05) is 17.9 Å². The highest BCUT2D eigenvalue weighted by Crippen LogP contribution is 2.17. The molecule has 0 saturated heterocycles. The lowest BCUT2D eigenvalue weighted by molar-refractivity contribution is 0.306. The molecule has 1 rings (SSSR count). The number of aromatic nitrogens is 2. The van der Waals surface area contributed by atoms with E-state index in [0.717, 1.165) is 19.0 Å². The van der Waals surface area contributed by atoms with Crippen LogP contribution in [-0.2, 0) is 7.05 Å². The molecule has 6 nitrogen and oxygen atoms in total. The topological polar surface area (TPSA) is 57.5 Å². The lowest BCUT2D eigenvalue weighted by atomic mass is 10.1. The van der Waals surface area contributed by atoms with Crippen LogP contribution in [0.25, 0.3) is 0 Å². The number of unbranched alkanes of at least 4 members (excludes halogenated alkanes) is 3. The van der Waals surface area contributed by atoms with Crippen LogP contribution in [0, 0.1) is 0 Å². The van der Waals surface area contributed by atoms with Gasteiger partial charge in [0.2, 0.25) is 0 Å². The second-order valence-electron chi connectivity index (χ2n) is 6.13. The summed E-state index contributed by atoms with van der Waals surface area (Å²) in [6.45, 7) is 6.90. The summed E-state index contributed by atoms with van der Waals surface area (Å²) in [5.41, 5.74) is 1.19. The SMILES string of the molecule is CCCCCCNC(=NCC(c1cnn(C)c1)N(C)C)NCC. The van der Waals surface area contributed by atoms with Gasteiger partial charge in [0.1, 0.15) is 0 Å². The van der Waals surface area contributed by atoms with E-state index in [9.17, 15) is 0 Å². The summed E-state index contributed by atoms with van der Waals surface area (Å²) < 4.78 is 1.84. The Hall–Kier alpha value is -1.56. The average Bonchev–Trinajstić information content (AvgIpc) is 2.93. The minimum atomic E-state index is 0.235. The lowest BCUT2D eigenvalue weighted by Gasteiger charge is -2.22. The second kappa shape index (κ2) is 11.0. The molecule has 0 bridgehead atoms. The standard InChI is InChI=1S/C17H34N6/c1-6-8-9-10-11-19-17(18-7-2)20-13-16(22(3)4)15-12-21-23(5)14-15/h12,14,16H,6-11,13H2,1-5H3,(H2,18,19,20). The number of guanidine groups is 1. The van der Waals surface area contributed by atoms with Gasteiger partial charge in [0, 0.05) is 31.9 Å². The van der Waals surface area contributed by atoms with Crippen LogP contribution in [0.3, 0.4) is 0 Å². The van der Waals surface area contributed by atoms with Crippen LogP contribution >= 0.6 is 0 Å². The molecule has 1 aromatic heterocycles. The second-order valence-corrected chi connectivity index (χ2v) is 6.13. The number of hydrogen-bond acceptors (Lipinski definition) is 3. The Morgan fingerprint density at radius 2 is 2.04 bits per heavy atom. The van der Waals surface area contributed by atoms with E-state index in [4.69, 9.17) is 4.99 Å². The molecule has 0 aliphatic heterocycles. The van der Waals surface area contributed by atoms with Gasteiger partial charge in [0.25, 0.3) is 0 Å². The maximum atomic E-state index is 4.75. The van der Waals surface area contributed by atoms with Crippen LogP contribution in [0.15, 0.2) is 17.4 Å². The molecule has 1 heterocycles. The fourth-order valence-electron chi connectivity index (χ4n) is 2.46. The van der Waals surface area contributed by atoms with E-state index < -0.39 is 0 Å². The summed E-state index contributed by atoms with van der Waals surface area (Å²) in [5.74, 6) is 0.903. The number of aliphatic imine (C=N–C) groups is 1. The zero-order valence-corrected chi connectivity index (χ0v) is 15.5. The average molecular weight is 323 g/mol. The van der Waals surface area contributed by atoms with Gasteiger partial charge in [-0.2, -0.15) is 5.10 Å². The zero-order chi connectivity index (χ0) is 17.1. The fourth-order valence-corrected chi connectivity index (χ4v) is 2.46. The van der Waals surface area contributed by atoms with Crippen molar-refractivity contribution in [2.45, 2.75) is 45.6 Å². The minimum absolute atomic E-state index is 0.235. The molecule has 0 aliphatic rings. The summed E-state index contributed by atoms with van der Waals surface area (Å²) in [6, 6.07) is 0.235. The molecular formula is C17H34N6. The zero-order valence-electron chi connectivity index (χ0n) is 15.5. The molecular weight excluding hydrogens is 288 g/mol. The number of nitrogens with zero attached hydrogens (tertiary/aromatic N) is 4. The van der Waals surface area contributed by atoms with E-state index in [1.54, 1.807) is 0 Å². The van der Waals surface area contributed by atoms with Crippen molar-refractivity contribution < 1.29 is 0 Å². The number of likely N-dealkylation sites (N-methyl/N-ethyl adjacent to an activating group) is 1. The van der Waals surface area contributed by atoms with E-state index in [1.165, 1.54) is 31.2 Å². The molecule has 0 fully saturated rings. The van der Waals surface area contributed by atoms with Crippen molar-refractivity contribution in [3.63, 3.8) is 0 Å². The summed E-state index contributed by atoms with van der Waals surface area (Å²) in [7, 11) is 6.11. The van der Waals surface area contributed by atoms with Crippen LogP contribution < -0.4 is 10.6 Å². The molecule has 0 amide bonds. The van der Waals surface area contributed by atoms with E-state index in [-0.39, 0.29) is 6.04 Å². The van der Waals surface area contributed by atoms with Crippen molar-refractivity contribution in [3.05, 3.63) is 18.0 Å². The number of nitrogens with one attached hydrogen (secondary N) is 2. The van der Waals surface area contributed by atoms with Gasteiger partial charge in [-0.05, 0) is 27.4 Å². The maximum Gasteiger partial charge on any atom is 0.191 e. The molecule has 23 heavy (non-hydrogen) atoms. The third kappa shape index (κ3) is 7.50. The minimum Gasteiger partial charge on any atom is -0.357 e. The smallest absolute Gasteiger partial charge is 0.191 e. The molecule has 2 N–H and O–H groups in total. The molecule has 0 spiro atoms. The first-order chi connectivity index (χ1) is 11.1. The number of rotatable bonds is 10. The Balaban J connectivity index is 2.58. The summed E-state index contributed by atoms with van der Waals surface area (Å²) in [6.07, 6.45) is 9.02. The van der Waals surface area contributed by atoms with Crippen LogP contribution in [0.4, 0.5) is 0 Å². The molecule has 0 aromatic carbocycles. The molecule has 1 atom stereocenters. The first-order valence-electron chi connectivity index (χ1n) is 8.75. The van der Waals surface area contributed by atoms with Crippen molar-refractivity contribution in [1.29, 1.82) is 0 Å². The van der Waals surface area contributed by atoms with Crippen molar-refractivity contribution in [3.8, 4) is 0 Å². The van der Waals surface area contributed by atoms with Crippen LogP contribution in [0.5, 0.6) is 0 Å². The highest BCUT2D eigenvalue weighted by atomic mass is 15.2. The lowest BCUT2D eigenvalue weighted by Crippen LogP contribution is -2.38. The van der Waals surface area contributed by atoms with Gasteiger partial charge in [-0.3, -0.25) is 9.67 Å². The Morgan fingerprint density at radius 3 is 2.61 bits per heavy atom. The van der Waals surface area contributed by atoms with Gasteiger partial charge in [-0.15, -0.1) is 0 Å². The van der Waals surface area contributed by atoms with Crippen LogP contribution in [0.2, 0.25) is 0 Å². The third-order valence-corrected chi connectivity index (χ3v) is 3.82. The summed E-state index contributed by atoms with van der Waals surface area (Å²) in [5, 5.41) is 11.0. The van der Waals surface area contributed by atoms with Crippen molar-refractivity contribution in [2.75, 3.05) is 33.7 Å². The molecule has 0 aliphatic carbocycles. The summed E-state index contributed by atoms with van der Waals surface area (Å²) in [4.78, 5) is 6.94. The molecule has 1 unspecified atom stereocenters.